The first-order valence-corrected chi connectivity index (χ1v) is 6.60. The van der Waals surface area contributed by atoms with Crippen molar-refractivity contribution < 1.29 is 8.42 Å². The maximum absolute atomic E-state index is 11.9. The van der Waals surface area contributed by atoms with Crippen molar-refractivity contribution in [3.63, 3.8) is 0 Å². The molecule has 0 atom stereocenters. The standard InChI is InChI=1S/C11H13N3O2S/c1-9-3-2-4-11(5-9)17(15,16)14-7-10-6-12-8-13-10/h2-6,8,14H,7H2,1H3,(H,12,13). The second-order valence-electron chi connectivity index (χ2n) is 3.72. The minimum atomic E-state index is -3.46. The first-order valence-electron chi connectivity index (χ1n) is 5.11. The van der Waals surface area contributed by atoms with E-state index in [1.165, 1.54) is 6.33 Å². The molecule has 0 aliphatic rings. The van der Waals surface area contributed by atoms with Crippen molar-refractivity contribution in [1.82, 2.24) is 14.7 Å². The number of aryl methyl sites for hydroxylation is 1. The molecule has 5 nitrogen and oxygen atoms in total. The van der Waals surface area contributed by atoms with Crippen LogP contribution in [0.5, 0.6) is 0 Å². The normalized spacial score (nSPS) is 11.6. The minimum absolute atomic E-state index is 0.205. The molecule has 0 spiro atoms. The number of rotatable bonds is 4. The van der Waals surface area contributed by atoms with Crippen molar-refractivity contribution in [1.29, 1.82) is 0 Å². The van der Waals surface area contributed by atoms with Crippen LogP contribution >= 0.6 is 0 Å². The fourth-order valence-corrected chi connectivity index (χ4v) is 2.53. The summed E-state index contributed by atoms with van der Waals surface area (Å²) in [5.74, 6) is 0. The van der Waals surface area contributed by atoms with Crippen LogP contribution in [0.25, 0.3) is 0 Å². The quantitative estimate of drug-likeness (QED) is 0.857. The summed E-state index contributed by atoms with van der Waals surface area (Å²) < 4.78 is 26.4. The fraction of sp³-hybridized carbons (Fsp3) is 0.182. The molecule has 2 rings (SSSR count). The topological polar surface area (TPSA) is 74.8 Å². The van der Waals surface area contributed by atoms with E-state index in [1.807, 2.05) is 13.0 Å². The van der Waals surface area contributed by atoms with Crippen LogP contribution in [-0.4, -0.2) is 18.4 Å². The Hall–Kier alpha value is -1.66. The summed E-state index contributed by atoms with van der Waals surface area (Å²) in [5.41, 5.74) is 1.63. The Morgan fingerprint density at radius 1 is 1.41 bits per heavy atom. The number of aromatic nitrogens is 2. The van der Waals surface area contributed by atoms with Gasteiger partial charge < -0.3 is 4.98 Å². The molecule has 0 bridgehead atoms. The van der Waals surface area contributed by atoms with Crippen molar-refractivity contribution in [2.75, 3.05) is 0 Å². The lowest BCUT2D eigenvalue weighted by molar-refractivity contribution is 0.580. The van der Waals surface area contributed by atoms with Crippen molar-refractivity contribution >= 4 is 10.0 Å². The summed E-state index contributed by atoms with van der Waals surface area (Å²) in [7, 11) is -3.46. The average Bonchev–Trinajstić information content (AvgIpc) is 2.79. The third-order valence-electron chi connectivity index (χ3n) is 2.31. The molecule has 0 radical (unpaired) electrons. The van der Waals surface area contributed by atoms with Crippen LogP contribution in [0.1, 0.15) is 11.3 Å². The predicted octanol–water partition coefficient (Wildman–Crippen LogP) is 1.20. The van der Waals surface area contributed by atoms with Crippen LogP contribution in [0.2, 0.25) is 0 Å². The van der Waals surface area contributed by atoms with E-state index in [2.05, 4.69) is 14.7 Å². The van der Waals surface area contributed by atoms with E-state index in [-0.39, 0.29) is 11.4 Å². The number of hydrogen-bond donors (Lipinski definition) is 2. The smallest absolute Gasteiger partial charge is 0.240 e. The van der Waals surface area contributed by atoms with E-state index in [0.29, 0.717) is 0 Å². The second-order valence-corrected chi connectivity index (χ2v) is 5.48. The highest BCUT2D eigenvalue weighted by Gasteiger charge is 2.13. The van der Waals surface area contributed by atoms with Gasteiger partial charge in [-0.25, -0.2) is 18.1 Å². The van der Waals surface area contributed by atoms with E-state index in [9.17, 15) is 8.42 Å². The molecule has 2 aromatic rings. The maximum Gasteiger partial charge on any atom is 0.240 e. The van der Waals surface area contributed by atoms with Crippen LogP contribution in [-0.2, 0) is 16.6 Å². The molecule has 1 aromatic heterocycles. The lowest BCUT2D eigenvalue weighted by Gasteiger charge is -2.06. The van der Waals surface area contributed by atoms with E-state index < -0.39 is 10.0 Å². The molecule has 0 aliphatic heterocycles. The first kappa shape index (κ1) is 11.8. The molecule has 1 aromatic carbocycles. The van der Waals surface area contributed by atoms with Gasteiger partial charge in [0.15, 0.2) is 0 Å². The third-order valence-corrected chi connectivity index (χ3v) is 3.71. The average molecular weight is 251 g/mol. The van der Waals surface area contributed by atoms with Crippen molar-refractivity contribution in [2.24, 2.45) is 0 Å². The van der Waals surface area contributed by atoms with Gasteiger partial charge in [0.05, 0.1) is 17.8 Å². The molecular weight excluding hydrogens is 238 g/mol. The predicted molar refractivity (Wildman–Crippen MR) is 63.8 cm³/mol. The Balaban J connectivity index is 2.14. The van der Waals surface area contributed by atoms with Gasteiger partial charge in [-0.2, -0.15) is 0 Å². The third kappa shape index (κ3) is 2.92. The van der Waals surface area contributed by atoms with Gasteiger partial charge in [0.25, 0.3) is 0 Å². The highest BCUT2D eigenvalue weighted by atomic mass is 32.2. The summed E-state index contributed by atoms with van der Waals surface area (Å²) >= 11 is 0. The number of sulfonamides is 1. The Morgan fingerprint density at radius 2 is 2.24 bits per heavy atom. The summed E-state index contributed by atoms with van der Waals surface area (Å²) in [4.78, 5) is 6.93. The van der Waals surface area contributed by atoms with Gasteiger partial charge >= 0.3 is 0 Å². The SMILES string of the molecule is Cc1cccc(S(=O)(=O)NCc2cnc[nH]2)c1. The Kier molecular flexibility index (Phi) is 3.26. The van der Waals surface area contributed by atoms with Crippen molar-refractivity contribution in [3.05, 3.63) is 48.0 Å². The number of benzene rings is 1. The fourth-order valence-electron chi connectivity index (χ4n) is 1.42. The van der Waals surface area contributed by atoms with E-state index in [4.69, 9.17) is 0 Å². The number of nitrogens with zero attached hydrogens (tertiary/aromatic N) is 1. The molecule has 1 heterocycles. The van der Waals surface area contributed by atoms with Gasteiger partial charge in [0, 0.05) is 11.9 Å². The lowest BCUT2D eigenvalue weighted by Crippen LogP contribution is -2.23. The number of nitrogens with one attached hydrogen (secondary N) is 2. The molecule has 0 aliphatic carbocycles. The van der Waals surface area contributed by atoms with Crippen LogP contribution in [0.3, 0.4) is 0 Å². The van der Waals surface area contributed by atoms with Crippen LogP contribution in [0.4, 0.5) is 0 Å². The number of H-pyrrole nitrogens is 1. The zero-order valence-electron chi connectivity index (χ0n) is 9.34. The molecule has 0 amide bonds. The van der Waals surface area contributed by atoms with Crippen LogP contribution < -0.4 is 4.72 Å². The van der Waals surface area contributed by atoms with Gasteiger partial charge in [-0.05, 0) is 24.6 Å². The zero-order chi connectivity index (χ0) is 12.3. The van der Waals surface area contributed by atoms with Crippen molar-refractivity contribution in [3.8, 4) is 0 Å². The number of hydrogen-bond acceptors (Lipinski definition) is 3. The van der Waals surface area contributed by atoms with Gasteiger partial charge in [-0.15, -0.1) is 0 Å². The van der Waals surface area contributed by atoms with E-state index in [0.717, 1.165) is 11.3 Å². The molecule has 90 valence electrons. The molecule has 6 heteroatoms. The summed E-state index contributed by atoms with van der Waals surface area (Å²) in [6, 6.07) is 6.78. The monoisotopic (exact) mass is 251 g/mol. The Bertz CT molecular complexity index is 591. The highest BCUT2D eigenvalue weighted by molar-refractivity contribution is 7.89. The molecule has 0 saturated carbocycles. The Morgan fingerprint density at radius 3 is 2.88 bits per heavy atom. The minimum Gasteiger partial charge on any atom is -0.347 e. The molecule has 2 N–H and O–H groups in total. The van der Waals surface area contributed by atoms with E-state index >= 15 is 0 Å². The van der Waals surface area contributed by atoms with Crippen molar-refractivity contribution in [2.45, 2.75) is 18.4 Å². The van der Waals surface area contributed by atoms with Gasteiger partial charge in [-0.3, -0.25) is 0 Å². The number of aromatic amines is 1. The molecule has 0 saturated heterocycles. The van der Waals surface area contributed by atoms with Gasteiger partial charge in [0.1, 0.15) is 0 Å². The van der Waals surface area contributed by atoms with E-state index in [1.54, 1.807) is 24.4 Å². The lowest BCUT2D eigenvalue weighted by atomic mass is 10.2. The van der Waals surface area contributed by atoms with Gasteiger partial charge in [0.2, 0.25) is 10.0 Å². The molecule has 17 heavy (non-hydrogen) atoms. The van der Waals surface area contributed by atoms with Gasteiger partial charge in [-0.1, -0.05) is 12.1 Å². The summed E-state index contributed by atoms with van der Waals surface area (Å²) in [5, 5.41) is 0. The summed E-state index contributed by atoms with van der Waals surface area (Å²) in [6.45, 7) is 2.06. The highest BCUT2D eigenvalue weighted by Crippen LogP contribution is 2.10. The van der Waals surface area contributed by atoms with Crippen LogP contribution in [0, 0.1) is 6.92 Å². The molecule has 0 fully saturated rings. The first-order chi connectivity index (χ1) is 8.08. The molecule has 0 unspecified atom stereocenters. The molecular formula is C11H13N3O2S. The number of imidazole rings is 1. The largest absolute Gasteiger partial charge is 0.347 e. The second kappa shape index (κ2) is 4.68. The maximum atomic E-state index is 11.9. The summed E-state index contributed by atoms with van der Waals surface area (Å²) in [6.07, 6.45) is 3.09. The zero-order valence-corrected chi connectivity index (χ0v) is 10.2. The van der Waals surface area contributed by atoms with Crippen LogP contribution in [0.15, 0.2) is 41.7 Å². The Labute approximate surface area is 100.0 Å².